The smallest absolute Gasteiger partial charge is 0.251 e. The van der Waals surface area contributed by atoms with Gasteiger partial charge in [0.25, 0.3) is 5.91 Å². The number of nitrogens with zero attached hydrogens (tertiary/aromatic N) is 2. The van der Waals surface area contributed by atoms with Gasteiger partial charge in [-0.3, -0.25) is 9.48 Å². The number of aromatic nitrogens is 2. The van der Waals surface area contributed by atoms with Crippen molar-refractivity contribution < 1.29 is 4.79 Å². The molecule has 2 aromatic carbocycles. The quantitative estimate of drug-likeness (QED) is 0.657. The molecule has 0 spiro atoms. The lowest BCUT2D eigenvalue weighted by Gasteiger charge is -2.09. The molecule has 5 heteroatoms. The van der Waals surface area contributed by atoms with Gasteiger partial charge in [0.2, 0.25) is 0 Å². The molecule has 1 heterocycles. The van der Waals surface area contributed by atoms with E-state index in [1.54, 1.807) is 6.08 Å². The molecule has 0 aliphatic rings. The Morgan fingerprint density at radius 1 is 1.14 bits per heavy atom. The van der Waals surface area contributed by atoms with Crippen molar-refractivity contribution in [2.45, 2.75) is 26.8 Å². The normalized spacial score (nSPS) is 11.1. The molecule has 0 aliphatic carbocycles. The Balaban J connectivity index is 1.85. The zero-order valence-electron chi connectivity index (χ0n) is 16.4. The van der Waals surface area contributed by atoms with Gasteiger partial charge >= 0.3 is 0 Å². The van der Waals surface area contributed by atoms with Crippen LogP contribution >= 0.6 is 0 Å². The van der Waals surface area contributed by atoms with Crippen molar-refractivity contribution in [1.29, 1.82) is 0 Å². The predicted octanol–water partition coefficient (Wildman–Crippen LogP) is 3.98. The van der Waals surface area contributed by atoms with Gasteiger partial charge in [0.15, 0.2) is 0 Å². The van der Waals surface area contributed by atoms with E-state index in [4.69, 9.17) is 5.73 Å². The van der Waals surface area contributed by atoms with Crippen molar-refractivity contribution >= 4 is 12.0 Å². The molecular formula is C23H26N4O. The number of nitrogens with one attached hydrogen (secondary N) is 1. The topological polar surface area (TPSA) is 72.9 Å². The molecular weight excluding hydrogens is 348 g/mol. The van der Waals surface area contributed by atoms with Gasteiger partial charge in [-0.2, -0.15) is 5.10 Å². The molecule has 144 valence electrons. The zero-order chi connectivity index (χ0) is 19.9. The van der Waals surface area contributed by atoms with Crippen molar-refractivity contribution in [3.63, 3.8) is 0 Å². The van der Waals surface area contributed by atoms with E-state index in [-0.39, 0.29) is 5.91 Å². The summed E-state index contributed by atoms with van der Waals surface area (Å²) in [5.41, 5.74) is 11.4. The fraction of sp³-hybridized carbons (Fsp3) is 0.217. The van der Waals surface area contributed by atoms with Crippen molar-refractivity contribution in [2.24, 2.45) is 5.73 Å². The van der Waals surface area contributed by atoms with Gasteiger partial charge in [0.1, 0.15) is 0 Å². The lowest BCUT2D eigenvalue weighted by atomic mass is 10.1. The molecule has 0 unspecified atom stereocenters. The molecule has 5 nitrogen and oxygen atoms in total. The summed E-state index contributed by atoms with van der Waals surface area (Å²) in [6.45, 7) is 5.40. The van der Waals surface area contributed by atoms with Gasteiger partial charge in [-0.1, -0.05) is 48.9 Å². The minimum Gasteiger partial charge on any atom is -0.405 e. The first kappa shape index (κ1) is 19.4. The molecule has 28 heavy (non-hydrogen) atoms. The summed E-state index contributed by atoms with van der Waals surface area (Å²) in [4.78, 5) is 12.1. The number of amides is 1. The fourth-order valence-electron chi connectivity index (χ4n) is 2.97. The summed E-state index contributed by atoms with van der Waals surface area (Å²) < 4.78 is 1.96. The van der Waals surface area contributed by atoms with Crippen molar-refractivity contribution in [2.75, 3.05) is 6.54 Å². The number of rotatable bonds is 7. The largest absolute Gasteiger partial charge is 0.405 e. The van der Waals surface area contributed by atoms with Crippen LogP contribution in [0.25, 0.3) is 17.3 Å². The Bertz CT molecular complexity index is 953. The number of hydrogen-bond acceptors (Lipinski definition) is 3. The van der Waals surface area contributed by atoms with Crippen molar-refractivity contribution in [1.82, 2.24) is 15.1 Å². The van der Waals surface area contributed by atoms with Crippen LogP contribution in [0.4, 0.5) is 0 Å². The molecule has 3 aromatic rings. The summed E-state index contributed by atoms with van der Waals surface area (Å²) in [5, 5.41) is 7.56. The Morgan fingerprint density at radius 2 is 1.86 bits per heavy atom. The van der Waals surface area contributed by atoms with Crippen LogP contribution in [-0.2, 0) is 6.54 Å². The lowest BCUT2D eigenvalue weighted by molar-refractivity contribution is 0.0953. The standard InChI is InChI=1S/C23H26N4O/c1-3-14-25-23(28)20-10-6-18(7-11-20)16-27-22(15-21(26-27)12-13-24)19-8-4-17(2)5-9-19/h4-13,15H,3,14,16,24H2,1-2H3,(H,25,28)/b13-12+. The van der Waals surface area contributed by atoms with Crippen LogP contribution < -0.4 is 11.1 Å². The predicted molar refractivity (Wildman–Crippen MR) is 114 cm³/mol. The number of aryl methyl sites for hydroxylation is 1. The summed E-state index contributed by atoms with van der Waals surface area (Å²) in [5.74, 6) is -0.0387. The second-order valence-electron chi connectivity index (χ2n) is 6.79. The molecule has 0 bridgehead atoms. The van der Waals surface area contributed by atoms with E-state index < -0.39 is 0 Å². The third-order valence-electron chi connectivity index (χ3n) is 4.50. The number of hydrogen-bond donors (Lipinski definition) is 2. The average molecular weight is 374 g/mol. The second-order valence-corrected chi connectivity index (χ2v) is 6.79. The molecule has 0 aliphatic heterocycles. The average Bonchev–Trinajstić information content (AvgIpc) is 3.10. The van der Waals surface area contributed by atoms with E-state index in [1.165, 1.54) is 11.8 Å². The van der Waals surface area contributed by atoms with Crippen LogP contribution in [0, 0.1) is 6.92 Å². The maximum atomic E-state index is 12.1. The van der Waals surface area contributed by atoms with E-state index in [0.29, 0.717) is 18.7 Å². The molecule has 0 radical (unpaired) electrons. The monoisotopic (exact) mass is 374 g/mol. The maximum absolute atomic E-state index is 12.1. The number of carbonyl (C=O) groups is 1. The van der Waals surface area contributed by atoms with E-state index in [0.717, 1.165) is 28.9 Å². The Kier molecular flexibility index (Phi) is 6.27. The van der Waals surface area contributed by atoms with Gasteiger partial charge < -0.3 is 11.1 Å². The number of nitrogens with two attached hydrogens (primary N) is 1. The molecule has 3 N–H and O–H groups in total. The minimum absolute atomic E-state index is 0.0387. The first-order valence-corrected chi connectivity index (χ1v) is 9.51. The zero-order valence-corrected chi connectivity index (χ0v) is 16.4. The van der Waals surface area contributed by atoms with Crippen molar-refractivity contribution in [3.8, 4) is 11.3 Å². The third-order valence-corrected chi connectivity index (χ3v) is 4.50. The molecule has 3 rings (SSSR count). The van der Waals surface area contributed by atoms with E-state index in [9.17, 15) is 4.79 Å². The van der Waals surface area contributed by atoms with E-state index in [1.807, 2.05) is 41.9 Å². The van der Waals surface area contributed by atoms with E-state index in [2.05, 4.69) is 41.6 Å². The Morgan fingerprint density at radius 3 is 2.50 bits per heavy atom. The summed E-state index contributed by atoms with van der Waals surface area (Å²) in [7, 11) is 0. The van der Waals surface area contributed by atoms with Crippen LogP contribution in [0.1, 0.15) is 40.5 Å². The van der Waals surface area contributed by atoms with Gasteiger partial charge in [0, 0.05) is 12.1 Å². The fourth-order valence-corrected chi connectivity index (χ4v) is 2.97. The summed E-state index contributed by atoms with van der Waals surface area (Å²) in [6, 6.07) is 18.1. The highest BCUT2D eigenvalue weighted by Gasteiger charge is 2.10. The van der Waals surface area contributed by atoms with Gasteiger partial charge in [-0.05, 0) is 54.9 Å². The highest BCUT2D eigenvalue weighted by molar-refractivity contribution is 5.94. The Hall–Kier alpha value is -3.34. The van der Waals surface area contributed by atoms with Crippen molar-refractivity contribution in [3.05, 3.63) is 83.2 Å². The lowest BCUT2D eigenvalue weighted by Crippen LogP contribution is -2.23. The number of benzene rings is 2. The first-order chi connectivity index (χ1) is 13.6. The van der Waals surface area contributed by atoms with Crippen LogP contribution in [-0.4, -0.2) is 22.2 Å². The molecule has 0 saturated carbocycles. The van der Waals surface area contributed by atoms with Crippen LogP contribution in [0.15, 0.2) is 60.8 Å². The van der Waals surface area contributed by atoms with E-state index >= 15 is 0 Å². The highest BCUT2D eigenvalue weighted by atomic mass is 16.1. The van der Waals surface area contributed by atoms with Crippen LogP contribution in [0.5, 0.6) is 0 Å². The second kappa shape index (κ2) is 9.04. The maximum Gasteiger partial charge on any atom is 0.251 e. The molecule has 0 atom stereocenters. The van der Waals surface area contributed by atoms with Gasteiger partial charge in [-0.15, -0.1) is 0 Å². The van der Waals surface area contributed by atoms with Crippen LogP contribution in [0.2, 0.25) is 0 Å². The molecule has 0 fully saturated rings. The third kappa shape index (κ3) is 4.68. The summed E-state index contributed by atoms with van der Waals surface area (Å²) >= 11 is 0. The summed E-state index contributed by atoms with van der Waals surface area (Å²) in [6.07, 6.45) is 4.20. The molecule has 1 amide bonds. The minimum atomic E-state index is -0.0387. The van der Waals surface area contributed by atoms with Gasteiger partial charge in [0.05, 0.1) is 17.9 Å². The molecule has 1 aromatic heterocycles. The Labute approximate surface area is 165 Å². The number of carbonyl (C=O) groups excluding carboxylic acids is 1. The molecule has 0 saturated heterocycles. The highest BCUT2D eigenvalue weighted by Crippen LogP contribution is 2.23. The first-order valence-electron chi connectivity index (χ1n) is 9.51. The van der Waals surface area contributed by atoms with Crippen LogP contribution in [0.3, 0.4) is 0 Å². The van der Waals surface area contributed by atoms with Gasteiger partial charge in [-0.25, -0.2) is 0 Å². The SMILES string of the molecule is CCCNC(=O)c1ccc(Cn2nc(/C=C/N)cc2-c2ccc(C)cc2)cc1.